The first-order valence-electron chi connectivity index (χ1n) is 6.83. The number of para-hydroxylation sites is 1. The number of nitrogens with zero attached hydrogens (tertiary/aromatic N) is 2. The quantitative estimate of drug-likeness (QED) is 0.877. The van der Waals surface area contributed by atoms with Crippen molar-refractivity contribution in [3.05, 3.63) is 48.3 Å². The van der Waals surface area contributed by atoms with Crippen LogP contribution in [0.3, 0.4) is 0 Å². The molecule has 0 amide bonds. The maximum atomic E-state index is 12.2. The molecule has 2 rings (SSSR count). The molecule has 0 fully saturated rings. The van der Waals surface area contributed by atoms with Crippen molar-refractivity contribution in [3.63, 3.8) is 0 Å². The van der Waals surface area contributed by atoms with Crippen LogP contribution in [0.25, 0.3) is 5.69 Å². The van der Waals surface area contributed by atoms with E-state index in [9.17, 15) is 13.2 Å². The fraction of sp³-hybridized carbons (Fsp3) is 0.400. The van der Waals surface area contributed by atoms with Gasteiger partial charge in [-0.05, 0) is 32.0 Å². The topological polar surface area (TPSA) is 29.9 Å². The van der Waals surface area contributed by atoms with Crippen molar-refractivity contribution in [1.82, 2.24) is 15.1 Å². The van der Waals surface area contributed by atoms with Crippen molar-refractivity contribution < 1.29 is 13.2 Å². The summed E-state index contributed by atoms with van der Waals surface area (Å²) in [5.41, 5.74) is 1.82. The Hall–Kier alpha value is -1.82. The van der Waals surface area contributed by atoms with E-state index in [-0.39, 0.29) is 12.5 Å². The van der Waals surface area contributed by atoms with Gasteiger partial charge in [-0.25, -0.2) is 4.68 Å². The molecule has 1 unspecified atom stereocenters. The molecule has 1 heterocycles. The molecule has 0 aliphatic carbocycles. The molecule has 1 aromatic carbocycles. The molecule has 1 N–H and O–H groups in total. The van der Waals surface area contributed by atoms with Crippen LogP contribution in [0.15, 0.2) is 42.7 Å². The smallest absolute Gasteiger partial charge is 0.313 e. The van der Waals surface area contributed by atoms with Gasteiger partial charge in [-0.3, -0.25) is 0 Å². The first-order chi connectivity index (χ1) is 9.99. The van der Waals surface area contributed by atoms with E-state index >= 15 is 0 Å². The van der Waals surface area contributed by atoms with Gasteiger partial charge in [-0.1, -0.05) is 18.2 Å². The van der Waals surface area contributed by atoms with Gasteiger partial charge in [-0.2, -0.15) is 18.3 Å². The molecule has 21 heavy (non-hydrogen) atoms. The van der Waals surface area contributed by atoms with E-state index in [2.05, 4.69) is 10.4 Å². The molecule has 114 valence electrons. The molecular formula is C15H18F3N3. The number of hydrogen-bond acceptors (Lipinski definition) is 2. The monoisotopic (exact) mass is 297 g/mol. The summed E-state index contributed by atoms with van der Waals surface area (Å²) in [6.07, 6.45) is -0.766. The van der Waals surface area contributed by atoms with Crippen molar-refractivity contribution in [2.45, 2.75) is 31.5 Å². The van der Waals surface area contributed by atoms with Crippen molar-refractivity contribution in [2.24, 2.45) is 0 Å². The highest BCUT2D eigenvalue weighted by molar-refractivity contribution is 5.31. The van der Waals surface area contributed by atoms with E-state index in [4.69, 9.17) is 0 Å². The third kappa shape index (κ3) is 4.60. The average molecular weight is 297 g/mol. The average Bonchev–Trinajstić information content (AvgIpc) is 2.93. The second kappa shape index (κ2) is 6.76. The van der Waals surface area contributed by atoms with E-state index in [0.29, 0.717) is 6.42 Å². The first-order valence-corrected chi connectivity index (χ1v) is 6.83. The Kier molecular flexibility index (Phi) is 5.01. The minimum Gasteiger partial charge on any atom is -0.313 e. The third-order valence-corrected chi connectivity index (χ3v) is 3.33. The Balaban J connectivity index is 2.01. The Morgan fingerprint density at radius 1 is 1.24 bits per heavy atom. The molecule has 0 aliphatic rings. The summed E-state index contributed by atoms with van der Waals surface area (Å²) in [7, 11) is 1.75. The maximum Gasteiger partial charge on any atom is 0.389 e. The van der Waals surface area contributed by atoms with Crippen LogP contribution in [0.1, 0.15) is 30.9 Å². The number of aromatic nitrogens is 2. The largest absolute Gasteiger partial charge is 0.389 e. The number of halogens is 3. The summed E-state index contributed by atoms with van der Waals surface area (Å²) in [5.74, 6) is 0. The molecule has 2 aromatic rings. The number of benzene rings is 1. The van der Waals surface area contributed by atoms with Crippen LogP contribution in [0.2, 0.25) is 0 Å². The Morgan fingerprint density at radius 3 is 2.57 bits per heavy atom. The van der Waals surface area contributed by atoms with Crippen molar-refractivity contribution in [2.75, 3.05) is 7.05 Å². The minimum absolute atomic E-state index is 0.103. The second-order valence-electron chi connectivity index (χ2n) is 4.90. The van der Waals surface area contributed by atoms with Crippen LogP contribution in [-0.4, -0.2) is 23.0 Å². The molecule has 0 spiro atoms. The van der Waals surface area contributed by atoms with Gasteiger partial charge in [0.05, 0.1) is 11.9 Å². The molecule has 0 radical (unpaired) electrons. The van der Waals surface area contributed by atoms with Crippen molar-refractivity contribution in [1.29, 1.82) is 0 Å². The molecule has 0 saturated heterocycles. The number of rotatable bonds is 6. The predicted octanol–water partition coefficient (Wildman–Crippen LogP) is 3.87. The Labute approximate surface area is 121 Å². The van der Waals surface area contributed by atoms with Crippen LogP contribution in [0.5, 0.6) is 0 Å². The van der Waals surface area contributed by atoms with Gasteiger partial charge in [0.1, 0.15) is 0 Å². The highest BCUT2D eigenvalue weighted by Gasteiger charge is 2.26. The van der Waals surface area contributed by atoms with Crippen LogP contribution in [0.4, 0.5) is 13.2 Å². The summed E-state index contributed by atoms with van der Waals surface area (Å²) >= 11 is 0. The normalized spacial score (nSPS) is 13.3. The van der Waals surface area contributed by atoms with Gasteiger partial charge >= 0.3 is 6.18 Å². The van der Waals surface area contributed by atoms with Gasteiger partial charge in [-0.15, -0.1) is 0 Å². The molecule has 0 bridgehead atoms. The van der Waals surface area contributed by atoms with Crippen LogP contribution >= 0.6 is 0 Å². The number of alkyl halides is 3. The highest BCUT2D eigenvalue weighted by Crippen LogP contribution is 2.26. The lowest BCUT2D eigenvalue weighted by atomic mass is 10.0. The van der Waals surface area contributed by atoms with Crippen molar-refractivity contribution >= 4 is 0 Å². The molecule has 6 heteroatoms. The Morgan fingerprint density at radius 2 is 1.95 bits per heavy atom. The van der Waals surface area contributed by atoms with Gasteiger partial charge in [0.25, 0.3) is 0 Å². The summed E-state index contributed by atoms with van der Waals surface area (Å²) in [6, 6.07) is 9.47. The van der Waals surface area contributed by atoms with Gasteiger partial charge in [0.15, 0.2) is 0 Å². The lowest BCUT2D eigenvalue weighted by Crippen LogP contribution is -2.17. The lowest BCUT2D eigenvalue weighted by molar-refractivity contribution is -0.135. The van der Waals surface area contributed by atoms with E-state index in [1.54, 1.807) is 17.9 Å². The molecule has 1 aromatic heterocycles. The molecule has 0 aliphatic heterocycles. The standard InChI is InChI=1S/C15H18F3N3/c1-19-14(8-5-9-15(16,17)18)12-10-20-21(11-12)13-6-3-2-4-7-13/h2-4,6-7,10-11,14,19H,5,8-9H2,1H3. The Bertz CT molecular complexity index is 549. The van der Waals surface area contributed by atoms with Gasteiger partial charge in [0.2, 0.25) is 0 Å². The minimum atomic E-state index is -4.09. The fourth-order valence-corrected chi connectivity index (χ4v) is 2.22. The van der Waals surface area contributed by atoms with E-state index in [1.807, 2.05) is 36.5 Å². The first kappa shape index (κ1) is 15.6. The van der Waals surface area contributed by atoms with Gasteiger partial charge in [0, 0.05) is 24.2 Å². The van der Waals surface area contributed by atoms with Crippen LogP contribution < -0.4 is 5.32 Å². The molecule has 1 atom stereocenters. The van der Waals surface area contributed by atoms with E-state index in [0.717, 1.165) is 11.3 Å². The second-order valence-corrected chi connectivity index (χ2v) is 4.90. The van der Waals surface area contributed by atoms with Crippen LogP contribution in [-0.2, 0) is 0 Å². The zero-order chi connectivity index (χ0) is 15.3. The van der Waals surface area contributed by atoms with Crippen molar-refractivity contribution in [3.8, 4) is 5.69 Å². The zero-order valence-electron chi connectivity index (χ0n) is 11.8. The van der Waals surface area contributed by atoms with E-state index < -0.39 is 12.6 Å². The third-order valence-electron chi connectivity index (χ3n) is 3.33. The number of hydrogen-bond donors (Lipinski definition) is 1. The van der Waals surface area contributed by atoms with E-state index in [1.165, 1.54) is 0 Å². The maximum absolute atomic E-state index is 12.2. The number of nitrogens with one attached hydrogen (secondary N) is 1. The fourth-order valence-electron chi connectivity index (χ4n) is 2.22. The summed E-state index contributed by atoms with van der Waals surface area (Å²) in [6.45, 7) is 0. The summed E-state index contributed by atoms with van der Waals surface area (Å²) in [4.78, 5) is 0. The lowest BCUT2D eigenvalue weighted by Gasteiger charge is -2.14. The van der Waals surface area contributed by atoms with Gasteiger partial charge < -0.3 is 5.32 Å². The SMILES string of the molecule is CNC(CCCC(F)(F)F)c1cnn(-c2ccccc2)c1. The zero-order valence-corrected chi connectivity index (χ0v) is 11.8. The molecular weight excluding hydrogens is 279 g/mol. The summed E-state index contributed by atoms with van der Waals surface area (Å²) < 4.78 is 38.3. The molecule has 0 saturated carbocycles. The predicted molar refractivity (Wildman–Crippen MR) is 75.3 cm³/mol. The van der Waals surface area contributed by atoms with Crippen LogP contribution in [0, 0.1) is 0 Å². The molecule has 3 nitrogen and oxygen atoms in total. The summed E-state index contributed by atoms with van der Waals surface area (Å²) in [5, 5.41) is 7.32. The highest BCUT2D eigenvalue weighted by atomic mass is 19.4.